The lowest BCUT2D eigenvalue weighted by atomic mass is 10.2. The highest BCUT2D eigenvalue weighted by Crippen LogP contribution is 2.15. The molecule has 0 bridgehead atoms. The van der Waals surface area contributed by atoms with Gasteiger partial charge < -0.3 is 15.2 Å². The van der Waals surface area contributed by atoms with Crippen molar-refractivity contribution in [2.24, 2.45) is 0 Å². The molecule has 0 saturated carbocycles. The van der Waals surface area contributed by atoms with Crippen LogP contribution in [0.1, 0.15) is 44.9 Å². The zero-order valence-electron chi connectivity index (χ0n) is 14.9. The fourth-order valence-electron chi connectivity index (χ4n) is 3.48. The molecule has 6 heteroatoms. The zero-order chi connectivity index (χ0) is 17.6. The minimum absolute atomic E-state index is 0.0823. The largest absolute Gasteiger partial charge is 0.356 e. The minimum atomic E-state index is -0.279. The van der Waals surface area contributed by atoms with Crippen LogP contribution in [-0.2, 0) is 11.2 Å². The Hall–Kier alpha value is -1.95. The second kappa shape index (κ2) is 8.43. The first-order valence-electron chi connectivity index (χ1n) is 9.27. The van der Waals surface area contributed by atoms with Gasteiger partial charge in [0.15, 0.2) is 0 Å². The van der Waals surface area contributed by atoms with Gasteiger partial charge in [-0.15, -0.1) is 0 Å². The summed E-state index contributed by atoms with van der Waals surface area (Å²) >= 11 is 0. The maximum atomic E-state index is 13.2. The molecule has 0 unspecified atom stereocenters. The van der Waals surface area contributed by atoms with Crippen LogP contribution in [0.2, 0.25) is 0 Å². The normalized spacial score (nSPS) is 17.4. The third-order valence-electron chi connectivity index (χ3n) is 4.92. The van der Waals surface area contributed by atoms with Crippen molar-refractivity contribution >= 4 is 16.9 Å². The number of nitrogens with zero attached hydrogens (tertiary/aromatic N) is 2. The third kappa shape index (κ3) is 5.01. The molecule has 1 aromatic carbocycles. The van der Waals surface area contributed by atoms with Crippen LogP contribution in [0.3, 0.4) is 0 Å². The van der Waals surface area contributed by atoms with E-state index in [0.29, 0.717) is 24.9 Å². The van der Waals surface area contributed by atoms with Gasteiger partial charge in [-0.05, 0) is 51.1 Å². The number of fused-ring (bicyclic) bond motifs is 1. The Morgan fingerprint density at radius 1 is 1.32 bits per heavy atom. The fraction of sp³-hybridized carbons (Fsp3) is 0.579. The van der Waals surface area contributed by atoms with E-state index in [1.807, 2.05) is 0 Å². The molecule has 0 aliphatic carbocycles. The predicted octanol–water partition coefficient (Wildman–Crippen LogP) is 3.02. The average Bonchev–Trinajstić information content (AvgIpc) is 2.79. The summed E-state index contributed by atoms with van der Waals surface area (Å²) in [6.07, 6.45) is 6.22. The lowest BCUT2D eigenvalue weighted by molar-refractivity contribution is -0.122. The number of likely N-dealkylation sites (tertiary alicyclic amines) is 1. The van der Waals surface area contributed by atoms with Crippen molar-refractivity contribution < 1.29 is 9.18 Å². The maximum Gasteiger partial charge on any atom is 0.221 e. The molecule has 5 nitrogen and oxygen atoms in total. The Morgan fingerprint density at radius 2 is 2.08 bits per heavy atom. The van der Waals surface area contributed by atoms with Crippen molar-refractivity contribution in [2.75, 3.05) is 19.6 Å². The summed E-state index contributed by atoms with van der Waals surface area (Å²) in [5.41, 5.74) is 1.44. The molecular weight excluding hydrogens is 319 g/mol. The SMILES string of the molecule is C[C@H](CC(=O)NCCc1nc2ccc(F)cc2[nH]1)N1CCCCCC1. The van der Waals surface area contributed by atoms with E-state index in [2.05, 4.69) is 27.1 Å². The molecule has 25 heavy (non-hydrogen) atoms. The van der Waals surface area contributed by atoms with Crippen molar-refractivity contribution in [3.8, 4) is 0 Å². The molecule has 1 amide bonds. The molecule has 1 aliphatic rings. The van der Waals surface area contributed by atoms with Gasteiger partial charge in [-0.25, -0.2) is 9.37 Å². The Bertz CT molecular complexity index is 707. The second-order valence-electron chi connectivity index (χ2n) is 6.95. The summed E-state index contributed by atoms with van der Waals surface area (Å²) in [7, 11) is 0. The van der Waals surface area contributed by atoms with E-state index in [1.165, 1.54) is 37.8 Å². The summed E-state index contributed by atoms with van der Waals surface area (Å²) in [6.45, 7) is 4.88. The van der Waals surface area contributed by atoms with Crippen LogP contribution in [0.5, 0.6) is 0 Å². The third-order valence-corrected chi connectivity index (χ3v) is 4.92. The maximum absolute atomic E-state index is 13.2. The van der Waals surface area contributed by atoms with Gasteiger partial charge in [0.1, 0.15) is 11.6 Å². The van der Waals surface area contributed by atoms with Crippen molar-refractivity contribution in [2.45, 2.75) is 51.5 Å². The minimum Gasteiger partial charge on any atom is -0.356 e. The first-order valence-corrected chi connectivity index (χ1v) is 9.27. The summed E-state index contributed by atoms with van der Waals surface area (Å²) < 4.78 is 13.2. The number of aromatic amines is 1. The predicted molar refractivity (Wildman–Crippen MR) is 96.9 cm³/mol. The van der Waals surface area contributed by atoms with E-state index in [0.717, 1.165) is 24.4 Å². The number of carbonyl (C=O) groups is 1. The van der Waals surface area contributed by atoms with Gasteiger partial charge in [0.05, 0.1) is 11.0 Å². The number of benzene rings is 1. The van der Waals surface area contributed by atoms with Crippen LogP contribution in [0.4, 0.5) is 4.39 Å². The number of hydrogen-bond acceptors (Lipinski definition) is 3. The number of amides is 1. The van der Waals surface area contributed by atoms with Crippen LogP contribution >= 0.6 is 0 Å². The van der Waals surface area contributed by atoms with Gasteiger partial charge in [0, 0.05) is 25.4 Å². The molecule has 0 spiro atoms. The van der Waals surface area contributed by atoms with E-state index < -0.39 is 0 Å². The summed E-state index contributed by atoms with van der Waals surface area (Å²) in [5.74, 6) is 0.568. The molecule has 1 saturated heterocycles. The highest BCUT2D eigenvalue weighted by molar-refractivity contribution is 5.76. The molecule has 1 aliphatic heterocycles. The summed E-state index contributed by atoms with van der Waals surface area (Å²) in [5, 5.41) is 2.97. The highest BCUT2D eigenvalue weighted by Gasteiger charge is 2.18. The van der Waals surface area contributed by atoms with Crippen molar-refractivity contribution in [3.63, 3.8) is 0 Å². The van der Waals surface area contributed by atoms with Crippen LogP contribution in [0.15, 0.2) is 18.2 Å². The van der Waals surface area contributed by atoms with E-state index >= 15 is 0 Å². The molecule has 2 N–H and O–H groups in total. The standard InChI is InChI=1S/C19H27FN4O/c1-14(24-10-4-2-3-5-11-24)12-19(25)21-9-8-18-22-16-7-6-15(20)13-17(16)23-18/h6-7,13-14H,2-5,8-12H2,1H3,(H,21,25)(H,22,23)/t14-/m1/s1. The van der Waals surface area contributed by atoms with Crippen molar-refractivity contribution in [1.82, 2.24) is 20.2 Å². The lowest BCUT2D eigenvalue weighted by Gasteiger charge is -2.27. The first kappa shape index (κ1) is 17.9. The lowest BCUT2D eigenvalue weighted by Crippen LogP contribution is -2.38. The average molecular weight is 346 g/mol. The number of carbonyl (C=O) groups excluding carboxylic acids is 1. The van der Waals surface area contributed by atoms with Gasteiger partial charge in [-0.1, -0.05) is 12.8 Å². The van der Waals surface area contributed by atoms with E-state index in [4.69, 9.17) is 0 Å². The van der Waals surface area contributed by atoms with E-state index in [9.17, 15) is 9.18 Å². The van der Waals surface area contributed by atoms with Crippen molar-refractivity contribution in [3.05, 3.63) is 29.8 Å². The Labute approximate surface area is 148 Å². The topological polar surface area (TPSA) is 61.0 Å². The number of aromatic nitrogens is 2. The number of nitrogens with one attached hydrogen (secondary N) is 2. The summed E-state index contributed by atoms with van der Waals surface area (Å²) in [4.78, 5) is 22.1. The van der Waals surface area contributed by atoms with E-state index in [-0.39, 0.29) is 17.8 Å². The van der Waals surface area contributed by atoms with Crippen LogP contribution < -0.4 is 5.32 Å². The van der Waals surface area contributed by atoms with Gasteiger partial charge in [-0.2, -0.15) is 0 Å². The second-order valence-corrected chi connectivity index (χ2v) is 6.95. The molecule has 2 heterocycles. The Morgan fingerprint density at radius 3 is 2.84 bits per heavy atom. The number of halogens is 1. The van der Waals surface area contributed by atoms with Crippen LogP contribution in [0, 0.1) is 5.82 Å². The molecule has 0 radical (unpaired) electrons. The molecular formula is C19H27FN4O. The molecule has 2 aromatic rings. The number of hydrogen-bond donors (Lipinski definition) is 2. The van der Waals surface area contributed by atoms with Gasteiger partial charge >= 0.3 is 0 Å². The van der Waals surface area contributed by atoms with Crippen molar-refractivity contribution in [1.29, 1.82) is 0 Å². The molecule has 3 rings (SSSR count). The molecule has 1 atom stereocenters. The number of rotatable bonds is 6. The van der Waals surface area contributed by atoms with E-state index in [1.54, 1.807) is 6.07 Å². The first-order chi connectivity index (χ1) is 12.1. The van der Waals surface area contributed by atoms with Crippen LogP contribution in [-0.4, -0.2) is 46.5 Å². The summed E-state index contributed by atoms with van der Waals surface area (Å²) in [6, 6.07) is 4.78. The Balaban J connectivity index is 1.43. The van der Waals surface area contributed by atoms with Gasteiger partial charge in [-0.3, -0.25) is 4.79 Å². The Kier molecular flexibility index (Phi) is 6.02. The van der Waals surface area contributed by atoms with Crippen LogP contribution in [0.25, 0.3) is 11.0 Å². The number of imidazole rings is 1. The molecule has 1 fully saturated rings. The number of H-pyrrole nitrogens is 1. The zero-order valence-corrected chi connectivity index (χ0v) is 14.9. The fourth-order valence-corrected chi connectivity index (χ4v) is 3.48. The molecule has 136 valence electrons. The highest BCUT2D eigenvalue weighted by atomic mass is 19.1. The molecule has 1 aromatic heterocycles. The quantitative estimate of drug-likeness (QED) is 0.845. The van der Waals surface area contributed by atoms with Gasteiger partial charge in [0.25, 0.3) is 0 Å². The monoisotopic (exact) mass is 346 g/mol. The smallest absolute Gasteiger partial charge is 0.221 e. The van der Waals surface area contributed by atoms with Gasteiger partial charge in [0.2, 0.25) is 5.91 Å².